The number of amides is 1. The van der Waals surface area contributed by atoms with Crippen LogP contribution in [0.4, 0.5) is 11.6 Å². The standard InChI is InChI=1S/C16H19N5O2S/c1-3-6-24(23)16-19-14(17)12-7-13(22)21(15(12)20-16)9-11-5-4-10(2)18-8-11/h4-5,8H,3,6-7,9H2,1-2H3,(H2,17,19,20). The number of rotatable bonds is 5. The molecule has 2 aromatic rings. The predicted molar refractivity (Wildman–Crippen MR) is 91.9 cm³/mol. The molecule has 24 heavy (non-hydrogen) atoms. The van der Waals surface area contributed by atoms with E-state index in [1.807, 2.05) is 26.0 Å². The largest absolute Gasteiger partial charge is 0.383 e. The molecule has 7 nitrogen and oxygen atoms in total. The Morgan fingerprint density at radius 3 is 2.79 bits per heavy atom. The van der Waals surface area contributed by atoms with Crippen LogP contribution in [0.1, 0.15) is 30.2 Å². The van der Waals surface area contributed by atoms with Crippen molar-refractivity contribution in [2.24, 2.45) is 0 Å². The molecule has 8 heteroatoms. The lowest BCUT2D eigenvalue weighted by molar-refractivity contribution is -0.117. The number of anilines is 2. The van der Waals surface area contributed by atoms with Gasteiger partial charge in [-0.05, 0) is 25.0 Å². The van der Waals surface area contributed by atoms with Gasteiger partial charge >= 0.3 is 0 Å². The fourth-order valence-electron chi connectivity index (χ4n) is 2.54. The van der Waals surface area contributed by atoms with Crippen molar-refractivity contribution in [3.63, 3.8) is 0 Å². The highest BCUT2D eigenvalue weighted by Crippen LogP contribution is 2.32. The van der Waals surface area contributed by atoms with Crippen LogP contribution in [-0.2, 0) is 28.6 Å². The number of hydrogen-bond acceptors (Lipinski definition) is 6. The number of carbonyl (C=O) groups is 1. The normalized spacial score (nSPS) is 14.8. The molecule has 0 radical (unpaired) electrons. The molecule has 2 aromatic heterocycles. The minimum Gasteiger partial charge on any atom is -0.383 e. The van der Waals surface area contributed by atoms with Crippen LogP contribution < -0.4 is 10.6 Å². The summed E-state index contributed by atoms with van der Waals surface area (Å²) < 4.78 is 12.2. The van der Waals surface area contributed by atoms with Gasteiger partial charge in [0, 0.05) is 23.2 Å². The average Bonchev–Trinajstić information content (AvgIpc) is 2.87. The van der Waals surface area contributed by atoms with Gasteiger partial charge in [-0.1, -0.05) is 13.0 Å². The molecule has 0 aromatic carbocycles. The van der Waals surface area contributed by atoms with Gasteiger partial charge in [-0.15, -0.1) is 0 Å². The van der Waals surface area contributed by atoms with Crippen LogP contribution in [0.2, 0.25) is 0 Å². The second kappa shape index (κ2) is 6.64. The van der Waals surface area contributed by atoms with Crippen molar-refractivity contribution in [2.45, 2.75) is 38.4 Å². The van der Waals surface area contributed by atoms with E-state index >= 15 is 0 Å². The van der Waals surface area contributed by atoms with Gasteiger partial charge in [-0.2, -0.15) is 0 Å². The van der Waals surface area contributed by atoms with Crippen molar-refractivity contribution in [1.82, 2.24) is 15.0 Å². The fraction of sp³-hybridized carbons (Fsp3) is 0.375. The van der Waals surface area contributed by atoms with Gasteiger partial charge in [0.1, 0.15) is 11.6 Å². The number of carbonyl (C=O) groups excluding carboxylic acids is 1. The SMILES string of the molecule is CCCS(=O)c1nc(N)c2c(n1)N(Cc1ccc(C)nc1)C(=O)C2. The third-order valence-corrected chi connectivity index (χ3v) is 5.16. The molecule has 0 fully saturated rings. The van der Waals surface area contributed by atoms with E-state index in [2.05, 4.69) is 15.0 Å². The number of nitrogen functional groups attached to an aromatic ring is 1. The topological polar surface area (TPSA) is 102 Å². The molecule has 2 N–H and O–H groups in total. The molecule has 1 unspecified atom stereocenters. The van der Waals surface area contributed by atoms with Crippen LogP contribution in [0.5, 0.6) is 0 Å². The molecular weight excluding hydrogens is 326 g/mol. The van der Waals surface area contributed by atoms with Crippen molar-refractivity contribution >= 4 is 28.3 Å². The Balaban J connectivity index is 1.95. The van der Waals surface area contributed by atoms with Crippen LogP contribution in [0.25, 0.3) is 0 Å². The molecule has 0 saturated carbocycles. The molecule has 1 atom stereocenters. The molecule has 3 rings (SSSR count). The van der Waals surface area contributed by atoms with Crippen LogP contribution in [0.15, 0.2) is 23.5 Å². The highest BCUT2D eigenvalue weighted by molar-refractivity contribution is 7.84. The number of nitrogens with two attached hydrogens (primary N) is 1. The zero-order valence-electron chi connectivity index (χ0n) is 13.7. The monoisotopic (exact) mass is 345 g/mol. The summed E-state index contributed by atoms with van der Waals surface area (Å²) >= 11 is 0. The molecule has 1 aliphatic heterocycles. The molecular formula is C16H19N5O2S. The van der Waals surface area contributed by atoms with E-state index in [4.69, 9.17) is 5.73 Å². The molecule has 1 aliphatic rings. The molecule has 3 heterocycles. The van der Waals surface area contributed by atoms with Gasteiger partial charge in [-0.3, -0.25) is 18.9 Å². The predicted octanol–water partition coefficient (Wildman–Crippen LogP) is 1.37. The zero-order chi connectivity index (χ0) is 17.3. The Morgan fingerprint density at radius 2 is 2.12 bits per heavy atom. The van der Waals surface area contributed by atoms with Crippen LogP contribution in [-0.4, -0.2) is 30.8 Å². The van der Waals surface area contributed by atoms with Gasteiger partial charge < -0.3 is 5.73 Å². The van der Waals surface area contributed by atoms with E-state index in [1.54, 1.807) is 11.1 Å². The molecule has 0 aliphatic carbocycles. The molecule has 1 amide bonds. The summed E-state index contributed by atoms with van der Waals surface area (Å²) in [5, 5.41) is 0.190. The van der Waals surface area contributed by atoms with Gasteiger partial charge in [-0.25, -0.2) is 9.97 Å². The summed E-state index contributed by atoms with van der Waals surface area (Å²) in [7, 11) is -1.31. The number of aryl methyl sites for hydroxylation is 1. The van der Waals surface area contributed by atoms with E-state index in [0.717, 1.165) is 17.7 Å². The van der Waals surface area contributed by atoms with Crippen molar-refractivity contribution in [1.29, 1.82) is 0 Å². The first-order chi connectivity index (χ1) is 11.5. The van der Waals surface area contributed by atoms with E-state index in [9.17, 15) is 9.00 Å². The molecule has 0 saturated heterocycles. The number of nitrogens with zero attached hydrogens (tertiary/aromatic N) is 4. The number of hydrogen-bond donors (Lipinski definition) is 1. The highest BCUT2D eigenvalue weighted by Gasteiger charge is 2.32. The number of pyridine rings is 1. The third-order valence-electron chi connectivity index (χ3n) is 3.79. The quantitative estimate of drug-likeness (QED) is 0.821. The highest BCUT2D eigenvalue weighted by atomic mass is 32.2. The Kier molecular flexibility index (Phi) is 4.57. The van der Waals surface area contributed by atoms with Crippen LogP contribution in [0.3, 0.4) is 0 Å². The van der Waals surface area contributed by atoms with E-state index in [-0.39, 0.29) is 23.3 Å². The Bertz CT molecular complexity index is 807. The van der Waals surface area contributed by atoms with E-state index in [0.29, 0.717) is 23.7 Å². The maximum absolute atomic E-state index is 12.4. The summed E-state index contributed by atoms with van der Waals surface area (Å²) in [6, 6.07) is 3.82. The summed E-state index contributed by atoms with van der Waals surface area (Å²) in [6.07, 6.45) is 2.66. The molecule has 126 valence electrons. The average molecular weight is 345 g/mol. The lowest BCUT2D eigenvalue weighted by Crippen LogP contribution is -2.27. The van der Waals surface area contributed by atoms with E-state index < -0.39 is 10.8 Å². The van der Waals surface area contributed by atoms with Crippen molar-refractivity contribution in [3.05, 3.63) is 35.2 Å². The molecule has 0 spiro atoms. The second-order valence-corrected chi connectivity index (χ2v) is 7.17. The van der Waals surface area contributed by atoms with Gasteiger partial charge in [0.2, 0.25) is 11.1 Å². The smallest absolute Gasteiger partial charge is 0.233 e. The third kappa shape index (κ3) is 3.14. The Labute approximate surface area is 142 Å². The second-order valence-electron chi connectivity index (χ2n) is 5.71. The van der Waals surface area contributed by atoms with Gasteiger partial charge in [0.25, 0.3) is 0 Å². The maximum atomic E-state index is 12.4. The fourth-order valence-corrected chi connectivity index (χ4v) is 3.48. The van der Waals surface area contributed by atoms with Crippen LogP contribution >= 0.6 is 0 Å². The van der Waals surface area contributed by atoms with E-state index in [1.165, 1.54) is 0 Å². The summed E-state index contributed by atoms with van der Waals surface area (Å²) in [5.41, 5.74) is 8.39. The number of fused-ring (bicyclic) bond motifs is 1. The van der Waals surface area contributed by atoms with Crippen molar-refractivity contribution in [3.8, 4) is 0 Å². The minimum atomic E-state index is -1.31. The lowest BCUT2D eigenvalue weighted by atomic mass is 10.2. The van der Waals surface area contributed by atoms with Crippen LogP contribution in [0, 0.1) is 6.92 Å². The zero-order valence-corrected chi connectivity index (χ0v) is 14.5. The van der Waals surface area contributed by atoms with Gasteiger partial charge in [0.05, 0.1) is 23.8 Å². The summed E-state index contributed by atoms with van der Waals surface area (Å²) in [5.74, 6) is 1.07. The van der Waals surface area contributed by atoms with Crippen molar-refractivity contribution in [2.75, 3.05) is 16.4 Å². The summed E-state index contributed by atoms with van der Waals surface area (Å²) in [4.78, 5) is 26.7. The lowest BCUT2D eigenvalue weighted by Gasteiger charge is -2.17. The molecule has 0 bridgehead atoms. The first-order valence-corrected chi connectivity index (χ1v) is 9.08. The first kappa shape index (κ1) is 16.5. The number of aromatic nitrogens is 3. The maximum Gasteiger partial charge on any atom is 0.233 e. The Morgan fingerprint density at radius 1 is 1.33 bits per heavy atom. The van der Waals surface area contributed by atoms with Crippen molar-refractivity contribution < 1.29 is 9.00 Å². The summed E-state index contributed by atoms with van der Waals surface area (Å²) in [6.45, 7) is 4.20. The van der Waals surface area contributed by atoms with Gasteiger partial charge in [0.15, 0.2) is 0 Å². The minimum absolute atomic E-state index is 0.0926. The Hall–Kier alpha value is -2.35. The first-order valence-electron chi connectivity index (χ1n) is 7.76.